The van der Waals surface area contributed by atoms with Gasteiger partial charge >= 0.3 is 0 Å². The third-order valence-electron chi connectivity index (χ3n) is 4.97. The van der Waals surface area contributed by atoms with Crippen LogP contribution in [0.25, 0.3) is 0 Å². The average molecular weight is 343 g/mol. The van der Waals surface area contributed by atoms with E-state index < -0.39 is 0 Å². The fraction of sp³-hybridized carbons (Fsp3) is 0.550. The molecule has 3 rings (SSSR count). The molecule has 5 nitrogen and oxygen atoms in total. The quantitative estimate of drug-likeness (QED) is 0.806. The largest absolute Gasteiger partial charge is 0.492 e. The molecule has 1 fully saturated rings. The van der Waals surface area contributed by atoms with E-state index >= 15 is 0 Å². The smallest absolute Gasteiger partial charge is 0.225 e. The Morgan fingerprint density at radius 2 is 2.08 bits per heavy atom. The molecule has 0 saturated carbocycles. The number of carbonyl (C=O) groups excluding carboxylic acids is 1. The van der Waals surface area contributed by atoms with Crippen LogP contribution in [-0.2, 0) is 4.79 Å². The maximum atomic E-state index is 12.3. The lowest BCUT2D eigenvalue weighted by Crippen LogP contribution is -2.44. The van der Waals surface area contributed by atoms with E-state index in [1.165, 1.54) is 0 Å². The second-order valence-electron chi connectivity index (χ2n) is 6.92. The molecule has 5 heteroatoms. The molecular formula is C20H29N3O2. The normalized spacial score (nSPS) is 20.7. The second-order valence-corrected chi connectivity index (χ2v) is 6.92. The number of carbonyl (C=O) groups is 1. The molecule has 1 saturated heterocycles. The van der Waals surface area contributed by atoms with Crippen molar-refractivity contribution in [3.8, 4) is 5.75 Å². The maximum Gasteiger partial charge on any atom is 0.225 e. The highest BCUT2D eigenvalue weighted by molar-refractivity contribution is 5.93. The van der Waals surface area contributed by atoms with Gasteiger partial charge in [0, 0.05) is 44.4 Å². The number of likely N-dealkylation sites (N-methyl/N-ethyl adjacent to an activating group) is 1. The summed E-state index contributed by atoms with van der Waals surface area (Å²) < 4.78 is 5.79. The van der Waals surface area contributed by atoms with Crippen molar-refractivity contribution >= 4 is 17.3 Å². The minimum absolute atomic E-state index is 0.0600. The van der Waals surface area contributed by atoms with E-state index in [1.54, 1.807) is 0 Å². The fourth-order valence-electron chi connectivity index (χ4n) is 3.46. The van der Waals surface area contributed by atoms with Crippen molar-refractivity contribution < 1.29 is 9.53 Å². The molecular weight excluding hydrogens is 314 g/mol. The van der Waals surface area contributed by atoms with E-state index in [0.29, 0.717) is 18.9 Å². The lowest BCUT2D eigenvalue weighted by Gasteiger charge is -2.34. The van der Waals surface area contributed by atoms with Gasteiger partial charge in [0.2, 0.25) is 5.91 Å². The Bertz CT molecular complexity index is 621. The summed E-state index contributed by atoms with van der Waals surface area (Å²) in [6, 6.07) is 6.11. The van der Waals surface area contributed by atoms with E-state index in [1.807, 2.05) is 13.0 Å². The minimum Gasteiger partial charge on any atom is -0.492 e. The topological polar surface area (TPSA) is 44.8 Å². The van der Waals surface area contributed by atoms with Crippen LogP contribution in [0.4, 0.5) is 11.4 Å². The maximum absolute atomic E-state index is 12.3. The molecule has 1 amide bonds. The molecule has 25 heavy (non-hydrogen) atoms. The average Bonchev–Trinajstić information content (AvgIpc) is 3.10. The predicted molar refractivity (Wildman–Crippen MR) is 102 cm³/mol. The third kappa shape index (κ3) is 4.75. The Labute approximate surface area is 150 Å². The number of benzene rings is 1. The van der Waals surface area contributed by atoms with E-state index in [9.17, 15) is 4.79 Å². The zero-order valence-electron chi connectivity index (χ0n) is 15.3. The summed E-state index contributed by atoms with van der Waals surface area (Å²) in [5.41, 5.74) is 1.93. The molecule has 0 bridgehead atoms. The Morgan fingerprint density at radius 1 is 1.28 bits per heavy atom. The first-order valence-electron chi connectivity index (χ1n) is 9.32. The Hall–Kier alpha value is -2.01. The fourth-order valence-corrected chi connectivity index (χ4v) is 3.46. The number of hydrogen-bond acceptors (Lipinski definition) is 4. The van der Waals surface area contributed by atoms with Crippen LogP contribution >= 0.6 is 0 Å². The number of nitrogens with zero attached hydrogens (tertiary/aromatic N) is 2. The van der Waals surface area contributed by atoms with E-state index in [4.69, 9.17) is 4.74 Å². The molecule has 0 unspecified atom stereocenters. The predicted octanol–water partition coefficient (Wildman–Crippen LogP) is 3.13. The van der Waals surface area contributed by atoms with Crippen molar-refractivity contribution in [3.05, 3.63) is 30.4 Å². The summed E-state index contributed by atoms with van der Waals surface area (Å²) in [7, 11) is 2.15. The van der Waals surface area contributed by atoms with E-state index in [0.717, 1.165) is 56.1 Å². The van der Waals surface area contributed by atoms with Crippen LogP contribution in [0.5, 0.6) is 5.75 Å². The summed E-state index contributed by atoms with van der Waals surface area (Å²) in [6.07, 6.45) is 7.02. The van der Waals surface area contributed by atoms with Crippen molar-refractivity contribution in [1.82, 2.24) is 4.90 Å². The number of amides is 1. The molecule has 1 aromatic carbocycles. The van der Waals surface area contributed by atoms with Crippen LogP contribution < -0.4 is 15.0 Å². The van der Waals surface area contributed by atoms with Gasteiger partial charge in [-0.25, -0.2) is 0 Å². The van der Waals surface area contributed by atoms with Crippen LogP contribution in [0.2, 0.25) is 0 Å². The molecule has 0 spiro atoms. The number of piperazine rings is 1. The molecule has 2 aliphatic rings. The first kappa shape index (κ1) is 17.8. The Morgan fingerprint density at radius 3 is 2.76 bits per heavy atom. The van der Waals surface area contributed by atoms with Gasteiger partial charge in [0.05, 0.1) is 12.3 Å². The van der Waals surface area contributed by atoms with Gasteiger partial charge in [0.25, 0.3) is 0 Å². The van der Waals surface area contributed by atoms with Crippen LogP contribution in [0.3, 0.4) is 0 Å². The number of anilines is 2. The summed E-state index contributed by atoms with van der Waals surface area (Å²) >= 11 is 0. The lowest BCUT2D eigenvalue weighted by atomic mass is 10.0. The van der Waals surface area contributed by atoms with Gasteiger partial charge in [-0.15, -0.1) is 0 Å². The number of nitrogens with one attached hydrogen (secondary N) is 1. The van der Waals surface area contributed by atoms with Crippen molar-refractivity contribution in [2.24, 2.45) is 5.92 Å². The van der Waals surface area contributed by atoms with Gasteiger partial charge < -0.3 is 19.9 Å². The second kappa shape index (κ2) is 8.39. The highest BCUT2D eigenvalue weighted by Crippen LogP contribution is 2.31. The van der Waals surface area contributed by atoms with Gasteiger partial charge in [0.15, 0.2) is 0 Å². The van der Waals surface area contributed by atoms with Crippen molar-refractivity contribution in [2.75, 3.05) is 50.1 Å². The molecule has 1 N–H and O–H groups in total. The van der Waals surface area contributed by atoms with E-state index in [2.05, 4.69) is 46.4 Å². The summed E-state index contributed by atoms with van der Waals surface area (Å²) in [6.45, 7) is 6.72. The molecule has 1 heterocycles. The van der Waals surface area contributed by atoms with Crippen molar-refractivity contribution in [1.29, 1.82) is 0 Å². The molecule has 136 valence electrons. The van der Waals surface area contributed by atoms with Crippen LogP contribution in [0.15, 0.2) is 30.4 Å². The van der Waals surface area contributed by atoms with Crippen LogP contribution in [0.1, 0.15) is 26.2 Å². The monoisotopic (exact) mass is 343 g/mol. The molecule has 1 aromatic rings. The number of rotatable bonds is 6. The first-order chi connectivity index (χ1) is 12.2. The summed E-state index contributed by atoms with van der Waals surface area (Å²) in [4.78, 5) is 17.0. The van der Waals surface area contributed by atoms with Crippen molar-refractivity contribution in [3.63, 3.8) is 0 Å². The van der Waals surface area contributed by atoms with Gasteiger partial charge in [0.1, 0.15) is 5.75 Å². The van der Waals surface area contributed by atoms with Crippen molar-refractivity contribution in [2.45, 2.75) is 26.2 Å². The van der Waals surface area contributed by atoms with Gasteiger partial charge in [-0.05, 0) is 44.9 Å². The molecule has 0 radical (unpaired) electrons. The standard InChI is InChI=1S/C20H29N3O2/c1-3-25-19-15-17(23-12-10-22(2)11-13-23)8-9-18(19)21-20(24)14-16-6-4-5-7-16/h4,6,8-9,15-16H,3,5,7,10-14H2,1-2H3,(H,21,24)/t16-/m0/s1. The number of allylic oxidation sites excluding steroid dienone is 2. The molecule has 1 aliphatic carbocycles. The SMILES string of the molecule is CCOc1cc(N2CCN(C)CC2)ccc1NC(=O)C[C@H]1C=CCC1. The molecule has 1 aliphatic heterocycles. The Kier molecular flexibility index (Phi) is 5.97. The highest BCUT2D eigenvalue weighted by atomic mass is 16.5. The van der Waals surface area contributed by atoms with Gasteiger partial charge in [-0.2, -0.15) is 0 Å². The zero-order valence-corrected chi connectivity index (χ0v) is 15.3. The third-order valence-corrected chi connectivity index (χ3v) is 4.97. The number of hydrogen-bond donors (Lipinski definition) is 1. The first-order valence-corrected chi connectivity index (χ1v) is 9.32. The van der Waals surface area contributed by atoms with E-state index in [-0.39, 0.29) is 5.91 Å². The van der Waals surface area contributed by atoms with Gasteiger partial charge in [-0.3, -0.25) is 4.79 Å². The summed E-state index contributed by atoms with van der Waals surface area (Å²) in [5, 5.41) is 3.03. The lowest BCUT2D eigenvalue weighted by molar-refractivity contribution is -0.116. The Balaban J connectivity index is 1.68. The zero-order chi connectivity index (χ0) is 17.6. The summed E-state index contributed by atoms with van der Waals surface area (Å²) in [5.74, 6) is 1.19. The van der Waals surface area contributed by atoms with Crippen LogP contribution in [0, 0.1) is 5.92 Å². The highest BCUT2D eigenvalue weighted by Gasteiger charge is 2.18. The molecule has 0 aromatic heterocycles. The minimum atomic E-state index is 0.0600. The van der Waals surface area contributed by atoms with Gasteiger partial charge in [-0.1, -0.05) is 12.2 Å². The van der Waals surface area contributed by atoms with Crippen LogP contribution in [-0.4, -0.2) is 50.6 Å². The number of ether oxygens (including phenoxy) is 1. The molecule has 1 atom stereocenters.